The number of carbonyl (C=O) groups excluding carboxylic acids is 3. The normalized spacial score (nSPS) is 29.9. The molecule has 12 nitrogen and oxygen atoms in total. The summed E-state index contributed by atoms with van der Waals surface area (Å²) in [7, 11) is 0. The van der Waals surface area contributed by atoms with Crippen LogP contribution < -0.4 is 11.5 Å². The average Bonchev–Trinajstić information content (AvgIpc) is 3.46. The number of guanidine groups is 2. The molecular formula is C23H23F6N7O5. The monoisotopic (exact) mass is 591 g/mol. The molecule has 0 aliphatic carbocycles. The number of halogens is 6. The second-order valence-electron chi connectivity index (χ2n) is 10.1. The number of amides is 2. The van der Waals surface area contributed by atoms with Crippen LogP contribution in [0.3, 0.4) is 0 Å². The van der Waals surface area contributed by atoms with Crippen molar-refractivity contribution in [3.63, 3.8) is 0 Å². The quantitative estimate of drug-likeness (QED) is 0.264. The van der Waals surface area contributed by atoms with Crippen molar-refractivity contribution in [3.8, 4) is 0 Å². The highest BCUT2D eigenvalue weighted by molar-refractivity contribution is 6.02. The van der Waals surface area contributed by atoms with Gasteiger partial charge in [0.2, 0.25) is 17.8 Å². The van der Waals surface area contributed by atoms with E-state index < -0.39 is 82.6 Å². The average molecular weight is 591 g/mol. The highest BCUT2D eigenvalue weighted by Gasteiger charge is 2.69. The molecule has 0 saturated carbocycles. The zero-order valence-corrected chi connectivity index (χ0v) is 21.1. The van der Waals surface area contributed by atoms with Crippen molar-refractivity contribution in [2.45, 2.75) is 56.0 Å². The number of rotatable bonds is 4. The first-order valence-corrected chi connectivity index (χ1v) is 12.2. The van der Waals surface area contributed by atoms with Gasteiger partial charge in [-0.3, -0.25) is 19.7 Å². The first-order chi connectivity index (χ1) is 19.0. The summed E-state index contributed by atoms with van der Waals surface area (Å²) >= 11 is 0. The van der Waals surface area contributed by atoms with Gasteiger partial charge in [0.1, 0.15) is 12.1 Å². The summed E-state index contributed by atoms with van der Waals surface area (Å²) in [6.45, 7) is 0.827. The molecule has 3 unspecified atom stereocenters. The van der Waals surface area contributed by atoms with Crippen LogP contribution >= 0.6 is 0 Å². The standard InChI is InChI=1S/C23H23F6N7O5/c1-9-14(41-18(39)11-6-10(22(24,25)26)2-3-12(11)23(27,28)29)8-35-19(30)32-13(7-34-15(37)4-5-16(34)38)17-21(9,35)36(40)20(31)33-17/h2-3,6,9,13-14,17,40H,4-5,7-8H2,1H3,(H2,30,32)(H2,31,33)/t9-,13?,14+,17?,21?/m1/s1. The summed E-state index contributed by atoms with van der Waals surface area (Å²) in [5, 5.41) is 11.6. The number of benzene rings is 1. The molecule has 2 amide bonds. The van der Waals surface area contributed by atoms with Gasteiger partial charge in [-0.2, -0.15) is 31.4 Å². The molecule has 5 N–H and O–H groups in total. The largest absolute Gasteiger partial charge is 0.456 e. The highest BCUT2D eigenvalue weighted by Crippen LogP contribution is 2.49. The Labute approximate surface area is 227 Å². The molecule has 0 radical (unpaired) electrons. The third-order valence-electron chi connectivity index (χ3n) is 7.88. The van der Waals surface area contributed by atoms with E-state index >= 15 is 0 Å². The van der Waals surface area contributed by atoms with E-state index in [0.717, 1.165) is 4.90 Å². The molecule has 1 aromatic carbocycles. The summed E-state index contributed by atoms with van der Waals surface area (Å²) in [4.78, 5) is 48.3. The molecule has 2 saturated heterocycles. The second-order valence-corrected chi connectivity index (χ2v) is 10.1. The Morgan fingerprint density at radius 1 is 1.07 bits per heavy atom. The number of carbonyl (C=O) groups is 3. The number of nitrogens with zero attached hydrogens (tertiary/aromatic N) is 5. The first kappa shape index (κ1) is 28.4. The maximum Gasteiger partial charge on any atom is 0.417 e. The molecule has 4 aliphatic heterocycles. The van der Waals surface area contributed by atoms with Crippen molar-refractivity contribution in [1.29, 1.82) is 0 Å². The minimum atomic E-state index is -5.18. The number of hydroxylamine groups is 2. The van der Waals surface area contributed by atoms with Crippen molar-refractivity contribution in [1.82, 2.24) is 14.9 Å². The fourth-order valence-electron chi connectivity index (χ4n) is 5.93. The Morgan fingerprint density at radius 2 is 1.71 bits per heavy atom. The molecule has 5 rings (SSSR count). The number of alkyl halides is 6. The Morgan fingerprint density at radius 3 is 2.29 bits per heavy atom. The Kier molecular flexibility index (Phi) is 6.39. The Balaban J connectivity index is 1.48. The number of likely N-dealkylation sites (tertiary alicyclic amines) is 1. The number of ether oxygens (including phenoxy) is 1. The van der Waals surface area contributed by atoms with E-state index in [4.69, 9.17) is 16.2 Å². The van der Waals surface area contributed by atoms with Crippen LogP contribution in [0.15, 0.2) is 28.2 Å². The van der Waals surface area contributed by atoms with Gasteiger partial charge < -0.3 is 21.1 Å². The van der Waals surface area contributed by atoms with E-state index in [9.17, 15) is 45.9 Å². The number of nitrogens with two attached hydrogens (primary N) is 2. The van der Waals surface area contributed by atoms with Crippen molar-refractivity contribution in [3.05, 3.63) is 34.9 Å². The third-order valence-corrected chi connectivity index (χ3v) is 7.88. The number of esters is 1. The van der Waals surface area contributed by atoms with Crippen LogP contribution in [0, 0.1) is 5.92 Å². The van der Waals surface area contributed by atoms with Crippen LogP contribution in [0.25, 0.3) is 0 Å². The number of aliphatic imine (C=N–C) groups is 2. The van der Waals surface area contributed by atoms with Crippen LogP contribution in [-0.4, -0.2) is 86.7 Å². The van der Waals surface area contributed by atoms with Crippen molar-refractivity contribution < 1.29 is 50.7 Å². The Bertz CT molecular complexity index is 1370. The van der Waals surface area contributed by atoms with Crippen LogP contribution in [0.4, 0.5) is 26.3 Å². The van der Waals surface area contributed by atoms with Gasteiger partial charge >= 0.3 is 18.3 Å². The van der Waals surface area contributed by atoms with Gasteiger partial charge in [-0.15, -0.1) is 0 Å². The minimum absolute atomic E-state index is 0.00586. The van der Waals surface area contributed by atoms with Gasteiger partial charge in [0, 0.05) is 18.8 Å². The topological polar surface area (TPSA) is 167 Å². The fourth-order valence-corrected chi connectivity index (χ4v) is 5.93. The van der Waals surface area contributed by atoms with Crippen molar-refractivity contribution in [2.24, 2.45) is 27.4 Å². The maximum atomic E-state index is 13.6. The number of imide groups is 1. The summed E-state index contributed by atoms with van der Waals surface area (Å²) in [5.74, 6) is -4.29. The molecule has 4 heterocycles. The van der Waals surface area contributed by atoms with Gasteiger partial charge in [0.15, 0.2) is 11.6 Å². The molecule has 18 heteroatoms. The van der Waals surface area contributed by atoms with Crippen LogP contribution in [-0.2, 0) is 26.7 Å². The van der Waals surface area contributed by atoms with E-state index in [1.807, 2.05) is 0 Å². The summed E-state index contributed by atoms with van der Waals surface area (Å²) in [5.41, 5.74) is 5.89. The molecule has 4 aliphatic rings. The van der Waals surface area contributed by atoms with Crippen LogP contribution in [0.1, 0.15) is 41.3 Å². The summed E-state index contributed by atoms with van der Waals surface area (Å²) in [6.07, 6.45) is -11.6. The molecule has 41 heavy (non-hydrogen) atoms. The van der Waals surface area contributed by atoms with Crippen molar-refractivity contribution in [2.75, 3.05) is 13.1 Å². The van der Waals surface area contributed by atoms with Gasteiger partial charge in [-0.1, -0.05) is 6.92 Å². The number of hydrogen-bond donors (Lipinski definition) is 3. The molecular weight excluding hydrogens is 568 g/mol. The predicted octanol–water partition coefficient (Wildman–Crippen LogP) is 1.13. The van der Waals surface area contributed by atoms with Gasteiger partial charge in [-0.05, 0) is 18.2 Å². The van der Waals surface area contributed by atoms with E-state index in [-0.39, 0.29) is 50.1 Å². The summed E-state index contributed by atoms with van der Waals surface area (Å²) < 4.78 is 85.9. The number of hydrogen-bond acceptors (Lipinski definition) is 11. The molecule has 2 fully saturated rings. The van der Waals surface area contributed by atoms with Crippen molar-refractivity contribution >= 4 is 29.7 Å². The molecule has 1 spiro atoms. The zero-order chi connectivity index (χ0) is 30.2. The fraction of sp³-hybridized carbons (Fsp3) is 0.522. The molecule has 222 valence electrons. The smallest absolute Gasteiger partial charge is 0.417 e. The van der Waals surface area contributed by atoms with E-state index in [1.165, 1.54) is 11.8 Å². The minimum Gasteiger partial charge on any atom is -0.456 e. The SMILES string of the molecule is C[C@@H]1[C@@H](OC(=O)c2cc(C(F)(F)F)ccc2C(F)(F)F)CN2C(N)=NC(CN3C(=O)CCC3=O)C3N=C(N)N(O)C312. The lowest BCUT2D eigenvalue weighted by molar-refractivity contribution is -0.170. The lowest BCUT2D eigenvalue weighted by atomic mass is 9.82. The van der Waals surface area contributed by atoms with Crippen LogP contribution in [0.5, 0.6) is 0 Å². The summed E-state index contributed by atoms with van der Waals surface area (Å²) in [6, 6.07) is -1.70. The van der Waals surface area contributed by atoms with Gasteiger partial charge in [-0.25, -0.2) is 14.8 Å². The predicted molar refractivity (Wildman–Crippen MR) is 125 cm³/mol. The lowest BCUT2D eigenvalue weighted by Crippen LogP contribution is -2.71. The molecule has 0 bridgehead atoms. The lowest BCUT2D eigenvalue weighted by Gasteiger charge is -2.49. The van der Waals surface area contributed by atoms with Gasteiger partial charge in [0.05, 0.1) is 35.8 Å². The molecule has 5 atom stereocenters. The van der Waals surface area contributed by atoms with E-state index in [1.54, 1.807) is 0 Å². The maximum absolute atomic E-state index is 13.6. The zero-order valence-electron chi connectivity index (χ0n) is 21.1. The molecule has 0 aromatic heterocycles. The first-order valence-electron chi connectivity index (χ1n) is 12.2. The van der Waals surface area contributed by atoms with E-state index in [0.29, 0.717) is 5.06 Å². The third kappa shape index (κ3) is 4.31. The Hall–Kier alpha value is -4.09. The van der Waals surface area contributed by atoms with Gasteiger partial charge in [0.25, 0.3) is 0 Å². The second kappa shape index (κ2) is 9.22. The highest BCUT2D eigenvalue weighted by atomic mass is 19.4. The molecule has 1 aromatic rings. The van der Waals surface area contributed by atoms with Crippen LogP contribution in [0.2, 0.25) is 0 Å². The van der Waals surface area contributed by atoms with E-state index in [2.05, 4.69) is 9.98 Å².